The number of hydrogen-bond acceptors (Lipinski definition) is 3. The van der Waals surface area contributed by atoms with Gasteiger partial charge in [0.2, 0.25) is 0 Å². The van der Waals surface area contributed by atoms with Crippen molar-refractivity contribution in [2.75, 3.05) is 24.5 Å². The summed E-state index contributed by atoms with van der Waals surface area (Å²) >= 11 is 0. The first-order valence-corrected chi connectivity index (χ1v) is 9.22. The zero-order valence-electron chi connectivity index (χ0n) is 15.7. The molecule has 3 rings (SSSR count). The van der Waals surface area contributed by atoms with E-state index in [1.807, 2.05) is 36.9 Å². The van der Waals surface area contributed by atoms with Gasteiger partial charge in [0.1, 0.15) is 11.6 Å². The van der Waals surface area contributed by atoms with Gasteiger partial charge in [-0.15, -0.1) is 0 Å². The van der Waals surface area contributed by atoms with Crippen LogP contribution in [-0.4, -0.2) is 36.6 Å². The van der Waals surface area contributed by atoms with Gasteiger partial charge < -0.3 is 15.5 Å². The molecule has 1 aromatic carbocycles. The lowest BCUT2D eigenvalue weighted by Gasteiger charge is -2.21. The van der Waals surface area contributed by atoms with Crippen LogP contribution in [0.2, 0.25) is 0 Å². The first-order valence-electron chi connectivity index (χ1n) is 9.22. The molecular formula is C20H25F2N5. The fourth-order valence-electron chi connectivity index (χ4n) is 3.20. The monoisotopic (exact) mass is 373 g/mol. The second-order valence-corrected chi connectivity index (χ2v) is 6.64. The van der Waals surface area contributed by atoms with Crippen molar-refractivity contribution in [3.63, 3.8) is 0 Å². The Hall–Kier alpha value is -2.70. The lowest BCUT2D eigenvalue weighted by atomic mass is 10.2. The number of nitrogens with one attached hydrogen (secondary N) is 2. The molecule has 0 bridgehead atoms. The number of pyridine rings is 1. The Labute approximate surface area is 158 Å². The van der Waals surface area contributed by atoms with Crippen LogP contribution in [0.5, 0.6) is 0 Å². The van der Waals surface area contributed by atoms with Gasteiger partial charge in [0.25, 0.3) is 0 Å². The van der Waals surface area contributed by atoms with Crippen molar-refractivity contribution in [3.8, 4) is 0 Å². The predicted molar refractivity (Wildman–Crippen MR) is 104 cm³/mol. The number of aliphatic imine (C=N–C) groups is 1. The van der Waals surface area contributed by atoms with Crippen molar-refractivity contribution in [1.29, 1.82) is 0 Å². The van der Waals surface area contributed by atoms with E-state index < -0.39 is 11.6 Å². The highest BCUT2D eigenvalue weighted by Gasteiger charge is 2.25. The third-order valence-corrected chi connectivity index (χ3v) is 4.47. The Morgan fingerprint density at radius 1 is 1.30 bits per heavy atom. The topological polar surface area (TPSA) is 52.6 Å². The number of nitrogens with zero attached hydrogens (tertiary/aromatic N) is 3. The number of rotatable bonds is 5. The highest BCUT2D eigenvalue weighted by atomic mass is 19.1. The van der Waals surface area contributed by atoms with Gasteiger partial charge in [-0.05, 0) is 44.5 Å². The van der Waals surface area contributed by atoms with E-state index >= 15 is 0 Å². The largest absolute Gasteiger partial charge is 0.367 e. The third kappa shape index (κ3) is 5.15. The van der Waals surface area contributed by atoms with Crippen LogP contribution in [0.1, 0.15) is 24.7 Å². The molecule has 1 aliphatic rings. The van der Waals surface area contributed by atoms with E-state index in [1.165, 1.54) is 12.1 Å². The minimum absolute atomic E-state index is 0.137. The predicted octanol–water partition coefficient (Wildman–Crippen LogP) is 3.00. The third-order valence-electron chi connectivity index (χ3n) is 4.47. The van der Waals surface area contributed by atoms with E-state index in [9.17, 15) is 8.78 Å². The molecule has 27 heavy (non-hydrogen) atoms. The Morgan fingerprint density at radius 3 is 2.89 bits per heavy atom. The fourth-order valence-corrected chi connectivity index (χ4v) is 3.20. The maximum Gasteiger partial charge on any atom is 0.191 e. The zero-order valence-corrected chi connectivity index (χ0v) is 15.7. The maximum absolute atomic E-state index is 14.0. The van der Waals surface area contributed by atoms with E-state index in [0.717, 1.165) is 30.4 Å². The number of benzene rings is 1. The molecule has 0 radical (unpaired) electrons. The number of guanidine groups is 1. The molecule has 1 fully saturated rings. The molecule has 1 aromatic heterocycles. The van der Waals surface area contributed by atoms with Gasteiger partial charge in [0, 0.05) is 37.4 Å². The first-order chi connectivity index (χ1) is 13.0. The molecule has 0 aliphatic carbocycles. The van der Waals surface area contributed by atoms with Gasteiger partial charge in [-0.3, -0.25) is 4.98 Å². The summed E-state index contributed by atoms with van der Waals surface area (Å²) in [4.78, 5) is 11.0. The van der Waals surface area contributed by atoms with E-state index in [0.29, 0.717) is 31.3 Å². The Morgan fingerprint density at radius 2 is 2.15 bits per heavy atom. The van der Waals surface area contributed by atoms with Gasteiger partial charge in [0.15, 0.2) is 5.96 Å². The summed E-state index contributed by atoms with van der Waals surface area (Å²) < 4.78 is 27.1. The molecule has 1 saturated heterocycles. The number of anilines is 1. The number of aryl methyl sites for hydroxylation is 1. The van der Waals surface area contributed by atoms with Crippen LogP contribution < -0.4 is 15.5 Å². The summed E-state index contributed by atoms with van der Waals surface area (Å²) in [5, 5.41) is 6.64. The molecule has 0 amide bonds. The van der Waals surface area contributed by atoms with Crippen LogP contribution in [0.25, 0.3) is 0 Å². The quantitative estimate of drug-likeness (QED) is 0.625. The number of aromatic nitrogens is 1. The van der Waals surface area contributed by atoms with Crippen molar-refractivity contribution in [2.45, 2.75) is 32.9 Å². The summed E-state index contributed by atoms with van der Waals surface area (Å²) in [5.41, 5.74) is 2.31. The van der Waals surface area contributed by atoms with Gasteiger partial charge >= 0.3 is 0 Å². The molecule has 2 N–H and O–H groups in total. The lowest BCUT2D eigenvalue weighted by molar-refractivity contribution is 0.580. The van der Waals surface area contributed by atoms with Crippen LogP contribution >= 0.6 is 0 Å². The summed E-state index contributed by atoms with van der Waals surface area (Å²) in [6.07, 6.45) is 0.851. The van der Waals surface area contributed by atoms with Crippen molar-refractivity contribution >= 4 is 11.6 Å². The van der Waals surface area contributed by atoms with Crippen molar-refractivity contribution in [3.05, 3.63) is 59.4 Å². The normalized spacial score (nSPS) is 17.3. The molecule has 2 aromatic rings. The average Bonchev–Trinajstić information content (AvgIpc) is 3.08. The molecule has 1 unspecified atom stereocenters. The lowest BCUT2D eigenvalue weighted by Crippen LogP contribution is -2.44. The van der Waals surface area contributed by atoms with Gasteiger partial charge in [-0.2, -0.15) is 0 Å². The second-order valence-electron chi connectivity index (χ2n) is 6.64. The number of halogens is 2. The maximum atomic E-state index is 14.0. The first kappa shape index (κ1) is 19.1. The van der Waals surface area contributed by atoms with Crippen LogP contribution in [0.3, 0.4) is 0 Å². The van der Waals surface area contributed by atoms with Crippen molar-refractivity contribution < 1.29 is 8.78 Å². The molecule has 7 heteroatoms. The molecule has 144 valence electrons. The standard InChI is InChI=1S/C20H25F2N5/c1-3-23-20(24-12-16-6-4-5-14(2)25-16)26-17-9-10-27(13-17)19-8-7-15(21)11-18(19)22/h4-8,11,17H,3,9-10,12-13H2,1-2H3,(H2,23,24,26). The molecule has 2 heterocycles. The van der Waals surface area contributed by atoms with Crippen LogP contribution in [-0.2, 0) is 6.54 Å². The SMILES string of the molecule is CCNC(=NCc1cccc(C)n1)NC1CCN(c2ccc(F)cc2F)C1. The molecule has 5 nitrogen and oxygen atoms in total. The average molecular weight is 373 g/mol. The molecule has 0 saturated carbocycles. The van der Waals surface area contributed by atoms with Crippen LogP contribution in [0.4, 0.5) is 14.5 Å². The van der Waals surface area contributed by atoms with E-state index in [1.54, 1.807) is 0 Å². The second kappa shape index (κ2) is 8.79. The van der Waals surface area contributed by atoms with E-state index in [2.05, 4.69) is 20.6 Å². The zero-order chi connectivity index (χ0) is 19.2. The summed E-state index contributed by atoms with van der Waals surface area (Å²) in [7, 11) is 0. The van der Waals surface area contributed by atoms with E-state index in [-0.39, 0.29) is 6.04 Å². The van der Waals surface area contributed by atoms with E-state index in [4.69, 9.17) is 0 Å². The molecule has 1 atom stereocenters. The Bertz CT molecular complexity index is 809. The Balaban J connectivity index is 1.62. The minimum atomic E-state index is -0.559. The Kier molecular flexibility index (Phi) is 6.21. The molecule has 1 aliphatic heterocycles. The van der Waals surface area contributed by atoms with Gasteiger partial charge in [-0.1, -0.05) is 6.07 Å². The molecular weight excluding hydrogens is 348 g/mol. The van der Waals surface area contributed by atoms with Crippen LogP contribution in [0.15, 0.2) is 41.4 Å². The highest BCUT2D eigenvalue weighted by Crippen LogP contribution is 2.24. The summed E-state index contributed by atoms with van der Waals surface area (Å²) in [5.74, 6) is -0.370. The molecule has 0 spiro atoms. The minimum Gasteiger partial charge on any atom is -0.367 e. The summed E-state index contributed by atoms with van der Waals surface area (Å²) in [6, 6.07) is 9.73. The van der Waals surface area contributed by atoms with Gasteiger partial charge in [-0.25, -0.2) is 13.8 Å². The smallest absolute Gasteiger partial charge is 0.191 e. The fraction of sp³-hybridized carbons (Fsp3) is 0.400. The number of hydrogen-bond donors (Lipinski definition) is 2. The summed E-state index contributed by atoms with van der Waals surface area (Å²) in [6.45, 7) is 6.54. The highest BCUT2D eigenvalue weighted by molar-refractivity contribution is 5.80. The van der Waals surface area contributed by atoms with Crippen LogP contribution in [0, 0.1) is 18.6 Å². The van der Waals surface area contributed by atoms with Gasteiger partial charge in [0.05, 0.1) is 17.9 Å². The van der Waals surface area contributed by atoms with Crippen molar-refractivity contribution in [1.82, 2.24) is 15.6 Å². The van der Waals surface area contributed by atoms with Crippen molar-refractivity contribution in [2.24, 2.45) is 4.99 Å².